The van der Waals surface area contributed by atoms with E-state index >= 15 is 0 Å². The van der Waals surface area contributed by atoms with Crippen molar-refractivity contribution in [1.29, 1.82) is 0 Å². The van der Waals surface area contributed by atoms with E-state index in [0.29, 0.717) is 16.5 Å². The Balaban J connectivity index is 1.50. The number of hydrogen-bond acceptors (Lipinski definition) is 4. The molecule has 0 bridgehead atoms. The van der Waals surface area contributed by atoms with Gasteiger partial charge in [-0.2, -0.15) is 0 Å². The Morgan fingerprint density at radius 1 is 0.969 bits per heavy atom. The Bertz CT molecular complexity index is 1180. The van der Waals surface area contributed by atoms with Crippen LogP contribution in [0.5, 0.6) is 0 Å². The number of nitrogens with one attached hydrogen (secondary N) is 2. The summed E-state index contributed by atoms with van der Waals surface area (Å²) >= 11 is 7.50. The van der Waals surface area contributed by atoms with Crippen LogP contribution in [0.4, 0.5) is 10.5 Å². The molecule has 0 spiro atoms. The first-order valence-corrected chi connectivity index (χ1v) is 11.4. The summed E-state index contributed by atoms with van der Waals surface area (Å²) in [6.07, 6.45) is 0. The minimum Gasteiger partial charge on any atom is -0.331 e. The first kappa shape index (κ1) is 21.9. The fraction of sp³-hybridized carbons (Fsp3) is 0.125. The molecule has 4 aromatic rings. The van der Waals surface area contributed by atoms with Crippen LogP contribution in [0.2, 0.25) is 5.02 Å². The molecule has 4 rings (SSSR count). The van der Waals surface area contributed by atoms with Gasteiger partial charge in [-0.25, -0.2) is 4.79 Å². The summed E-state index contributed by atoms with van der Waals surface area (Å²) in [7, 11) is 0. The Kier molecular flexibility index (Phi) is 7.09. The van der Waals surface area contributed by atoms with E-state index in [1.807, 2.05) is 54.0 Å². The summed E-state index contributed by atoms with van der Waals surface area (Å²) in [6.45, 7) is 2.27. The maximum absolute atomic E-state index is 12.4. The highest BCUT2D eigenvalue weighted by molar-refractivity contribution is 7.98. The van der Waals surface area contributed by atoms with E-state index in [4.69, 9.17) is 11.6 Å². The van der Waals surface area contributed by atoms with E-state index in [1.54, 1.807) is 36.0 Å². The molecule has 2 amide bonds. The van der Waals surface area contributed by atoms with E-state index < -0.39 is 0 Å². The van der Waals surface area contributed by atoms with Crippen LogP contribution in [0.1, 0.15) is 17.0 Å². The molecular formula is C24H22ClN5OS. The Hall–Kier alpha value is -3.29. The zero-order valence-corrected chi connectivity index (χ0v) is 19.0. The minimum atomic E-state index is -0.329. The van der Waals surface area contributed by atoms with E-state index in [-0.39, 0.29) is 12.6 Å². The van der Waals surface area contributed by atoms with Gasteiger partial charge in [0.05, 0.1) is 6.54 Å². The third kappa shape index (κ3) is 5.69. The van der Waals surface area contributed by atoms with Crippen LogP contribution in [0.15, 0.2) is 84.0 Å². The molecule has 1 heterocycles. The van der Waals surface area contributed by atoms with E-state index in [9.17, 15) is 4.79 Å². The van der Waals surface area contributed by atoms with Crippen molar-refractivity contribution >= 4 is 35.1 Å². The molecule has 0 radical (unpaired) electrons. The van der Waals surface area contributed by atoms with Gasteiger partial charge < -0.3 is 10.6 Å². The first-order valence-electron chi connectivity index (χ1n) is 10.1. The smallest absolute Gasteiger partial charge is 0.319 e. The number of hydrogen-bond donors (Lipinski definition) is 2. The quantitative estimate of drug-likeness (QED) is 0.337. The van der Waals surface area contributed by atoms with Gasteiger partial charge in [0.15, 0.2) is 11.0 Å². The molecule has 162 valence electrons. The largest absolute Gasteiger partial charge is 0.331 e. The van der Waals surface area contributed by atoms with E-state index in [2.05, 4.69) is 33.0 Å². The maximum atomic E-state index is 12.4. The topological polar surface area (TPSA) is 71.8 Å². The molecule has 6 nitrogen and oxygen atoms in total. The first-order chi connectivity index (χ1) is 15.6. The lowest BCUT2D eigenvalue weighted by Gasteiger charge is -2.12. The molecular weight excluding hydrogens is 442 g/mol. The van der Waals surface area contributed by atoms with E-state index in [0.717, 1.165) is 16.6 Å². The monoisotopic (exact) mass is 463 g/mol. The molecule has 2 N–H and O–H groups in total. The number of rotatable bonds is 7. The van der Waals surface area contributed by atoms with Crippen molar-refractivity contribution in [2.45, 2.75) is 24.4 Å². The Morgan fingerprint density at radius 2 is 1.69 bits per heavy atom. The van der Waals surface area contributed by atoms with Gasteiger partial charge in [0.25, 0.3) is 0 Å². The fourth-order valence-corrected chi connectivity index (χ4v) is 4.10. The zero-order chi connectivity index (χ0) is 22.3. The lowest BCUT2D eigenvalue weighted by molar-refractivity contribution is 0.251. The van der Waals surface area contributed by atoms with Gasteiger partial charge in [-0.05, 0) is 48.9 Å². The highest BCUT2D eigenvalue weighted by Crippen LogP contribution is 2.25. The molecule has 1 aromatic heterocycles. The third-order valence-electron chi connectivity index (χ3n) is 4.71. The number of carbonyl (C=O) groups is 1. The normalized spacial score (nSPS) is 10.7. The standard InChI is InChI=1S/C24H22ClN5OS/c1-17-7-13-21(14-8-17)30-22(15-26-23(31)27-20-11-9-19(25)10-12-20)28-29-24(30)32-16-18-5-3-2-4-6-18/h2-14H,15-16H2,1H3,(H2,26,27,31). The highest BCUT2D eigenvalue weighted by atomic mass is 35.5. The predicted molar refractivity (Wildman–Crippen MR) is 129 cm³/mol. The summed E-state index contributed by atoms with van der Waals surface area (Å²) in [5, 5.41) is 15.8. The SMILES string of the molecule is Cc1ccc(-n2c(CNC(=O)Nc3ccc(Cl)cc3)nnc2SCc2ccccc2)cc1. The number of amides is 2. The maximum Gasteiger partial charge on any atom is 0.319 e. The highest BCUT2D eigenvalue weighted by Gasteiger charge is 2.15. The number of aromatic nitrogens is 3. The van der Waals surface area contributed by atoms with Crippen molar-refractivity contribution in [3.8, 4) is 5.69 Å². The summed E-state index contributed by atoms with van der Waals surface area (Å²) in [5.74, 6) is 1.42. The summed E-state index contributed by atoms with van der Waals surface area (Å²) in [4.78, 5) is 12.4. The minimum absolute atomic E-state index is 0.228. The molecule has 0 atom stereocenters. The number of carbonyl (C=O) groups excluding carboxylic acids is 1. The lowest BCUT2D eigenvalue weighted by atomic mass is 10.2. The predicted octanol–water partition coefficient (Wildman–Crippen LogP) is 5.84. The number of thioether (sulfide) groups is 1. The average Bonchev–Trinajstić information content (AvgIpc) is 3.22. The fourth-order valence-electron chi connectivity index (χ4n) is 3.05. The number of nitrogens with zero attached hydrogens (tertiary/aromatic N) is 3. The van der Waals surface area contributed by atoms with Crippen molar-refractivity contribution in [2.75, 3.05) is 5.32 Å². The second-order valence-electron chi connectivity index (χ2n) is 7.16. The Morgan fingerprint density at radius 3 is 2.41 bits per heavy atom. The number of benzene rings is 3. The number of urea groups is 1. The molecule has 0 saturated heterocycles. The van der Waals surface area contributed by atoms with Crippen LogP contribution in [0.3, 0.4) is 0 Å². The van der Waals surface area contributed by atoms with Crippen LogP contribution in [-0.4, -0.2) is 20.8 Å². The molecule has 0 aliphatic carbocycles. The van der Waals surface area contributed by atoms with Gasteiger partial charge >= 0.3 is 6.03 Å². The van der Waals surface area contributed by atoms with Crippen molar-refractivity contribution in [2.24, 2.45) is 0 Å². The van der Waals surface area contributed by atoms with Gasteiger partial charge in [-0.15, -0.1) is 10.2 Å². The molecule has 32 heavy (non-hydrogen) atoms. The molecule has 0 unspecified atom stereocenters. The molecule has 0 fully saturated rings. The van der Waals surface area contributed by atoms with E-state index in [1.165, 1.54) is 11.1 Å². The van der Waals surface area contributed by atoms with Crippen molar-refractivity contribution in [3.05, 3.63) is 101 Å². The molecule has 0 aliphatic rings. The van der Waals surface area contributed by atoms with Crippen molar-refractivity contribution < 1.29 is 4.79 Å². The zero-order valence-electron chi connectivity index (χ0n) is 17.5. The molecule has 0 aliphatic heterocycles. The lowest BCUT2D eigenvalue weighted by Crippen LogP contribution is -2.29. The van der Waals surface area contributed by atoms with Crippen LogP contribution < -0.4 is 10.6 Å². The van der Waals surface area contributed by atoms with Crippen LogP contribution in [0.25, 0.3) is 5.69 Å². The summed E-state index contributed by atoms with van der Waals surface area (Å²) in [6, 6.07) is 25.0. The van der Waals surface area contributed by atoms with Crippen LogP contribution in [0, 0.1) is 6.92 Å². The van der Waals surface area contributed by atoms with Gasteiger partial charge in [0.2, 0.25) is 0 Å². The number of aryl methyl sites for hydroxylation is 1. The summed E-state index contributed by atoms with van der Waals surface area (Å²) < 4.78 is 1.98. The van der Waals surface area contributed by atoms with Gasteiger partial charge in [0, 0.05) is 22.2 Å². The van der Waals surface area contributed by atoms with Crippen LogP contribution >= 0.6 is 23.4 Å². The van der Waals surface area contributed by atoms with Crippen LogP contribution in [-0.2, 0) is 12.3 Å². The Labute approximate surface area is 196 Å². The average molecular weight is 464 g/mol. The second kappa shape index (κ2) is 10.3. The number of halogens is 1. The number of anilines is 1. The second-order valence-corrected chi connectivity index (χ2v) is 8.54. The molecule has 3 aromatic carbocycles. The van der Waals surface area contributed by atoms with Gasteiger partial charge in [0.1, 0.15) is 0 Å². The molecule has 0 saturated carbocycles. The summed E-state index contributed by atoms with van der Waals surface area (Å²) in [5.41, 5.74) is 3.98. The van der Waals surface area contributed by atoms with Gasteiger partial charge in [-0.3, -0.25) is 4.57 Å². The molecule has 8 heteroatoms. The van der Waals surface area contributed by atoms with Crippen molar-refractivity contribution in [3.63, 3.8) is 0 Å². The van der Waals surface area contributed by atoms with Gasteiger partial charge in [-0.1, -0.05) is 71.4 Å². The van der Waals surface area contributed by atoms with Crippen molar-refractivity contribution in [1.82, 2.24) is 20.1 Å². The third-order valence-corrected chi connectivity index (χ3v) is 5.96.